The third-order valence-corrected chi connectivity index (χ3v) is 4.01. The zero-order chi connectivity index (χ0) is 19.1. The molecule has 2 rings (SSSR count). The minimum absolute atomic E-state index is 0.123. The number of hydrogen-bond acceptors (Lipinski definition) is 4. The topological polar surface area (TPSA) is 64.6 Å². The van der Waals surface area contributed by atoms with Crippen LogP contribution in [0.25, 0.3) is 0 Å². The third kappa shape index (κ3) is 5.62. The van der Waals surface area contributed by atoms with E-state index in [0.717, 1.165) is 23.2 Å². The molecule has 0 bridgehead atoms. The van der Waals surface area contributed by atoms with Crippen molar-refractivity contribution in [2.45, 2.75) is 40.2 Å². The van der Waals surface area contributed by atoms with Gasteiger partial charge in [0.05, 0.1) is 6.10 Å². The lowest BCUT2D eigenvalue weighted by atomic mass is 10.1. The molecule has 5 heteroatoms. The fraction of sp³-hybridized carbons (Fsp3) is 0.333. The summed E-state index contributed by atoms with van der Waals surface area (Å²) in [6, 6.07) is 12.5. The fourth-order valence-corrected chi connectivity index (χ4v) is 2.33. The summed E-state index contributed by atoms with van der Waals surface area (Å²) in [6.07, 6.45) is 0.637. The van der Waals surface area contributed by atoms with Gasteiger partial charge < -0.3 is 14.8 Å². The number of rotatable bonds is 7. The zero-order valence-electron chi connectivity index (χ0n) is 15.7. The highest BCUT2D eigenvalue weighted by molar-refractivity contribution is 6.04. The fourth-order valence-electron chi connectivity index (χ4n) is 2.33. The smallest absolute Gasteiger partial charge is 0.344 e. The maximum absolute atomic E-state index is 12.4. The third-order valence-electron chi connectivity index (χ3n) is 4.01. The molecule has 0 aliphatic heterocycles. The average molecular weight is 355 g/mol. The van der Waals surface area contributed by atoms with Gasteiger partial charge in [0.25, 0.3) is 5.91 Å². The summed E-state index contributed by atoms with van der Waals surface area (Å²) >= 11 is 0. The Morgan fingerprint density at radius 2 is 1.77 bits per heavy atom. The quantitative estimate of drug-likeness (QED) is 0.753. The van der Waals surface area contributed by atoms with Crippen LogP contribution in [-0.4, -0.2) is 24.6 Å². The van der Waals surface area contributed by atoms with Crippen LogP contribution in [0.5, 0.6) is 5.75 Å². The molecule has 1 amide bonds. The van der Waals surface area contributed by atoms with Gasteiger partial charge in [-0.1, -0.05) is 24.6 Å². The van der Waals surface area contributed by atoms with Gasteiger partial charge in [0.1, 0.15) is 5.75 Å². The number of nitrogens with one attached hydrogen (secondary N) is 1. The average Bonchev–Trinajstić information content (AvgIpc) is 2.62. The first kappa shape index (κ1) is 19.5. The standard InChI is InChI=1S/C21H25NO4/c1-5-16(4)26-20(23)13-25-18-9-7-17(8-10-18)21(24)22-19-11-6-14(2)12-15(19)3/h6-12,16H,5,13H2,1-4H3,(H,22,24). The number of amides is 1. The van der Waals surface area contributed by atoms with Gasteiger partial charge in [-0.2, -0.15) is 0 Å². The van der Waals surface area contributed by atoms with E-state index in [0.29, 0.717) is 11.3 Å². The maximum atomic E-state index is 12.4. The SMILES string of the molecule is CCC(C)OC(=O)COc1ccc(C(=O)Nc2ccc(C)cc2C)cc1. The van der Waals surface area contributed by atoms with Crippen molar-refractivity contribution in [3.8, 4) is 5.75 Å². The summed E-state index contributed by atoms with van der Waals surface area (Å²) < 4.78 is 10.5. The van der Waals surface area contributed by atoms with E-state index < -0.39 is 5.97 Å². The van der Waals surface area contributed by atoms with Crippen LogP contribution in [0.3, 0.4) is 0 Å². The van der Waals surface area contributed by atoms with E-state index in [2.05, 4.69) is 5.32 Å². The lowest BCUT2D eigenvalue weighted by molar-refractivity contribution is -0.150. The number of hydrogen-bond donors (Lipinski definition) is 1. The van der Waals surface area contributed by atoms with Gasteiger partial charge in [-0.15, -0.1) is 0 Å². The minimum Gasteiger partial charge on any atom is -0.482 e. The molecular formula is C21H25NO4. The number of benzene rings is 2. The van der Waals surface area contributed by atoms with Gasteiger partial charge in [0.2, 0.25) is 0 Å². The van der Waals surface area contributed by atoms with E-state index in [1.807, 2.05) is 45.9 Å². The number of ether oxygens (including phenoxy) is 2. The first-order chi connectivity index (χ1) is 12.4. The molecule has 26 heavy (non-hydrogen) atoms. The molecule has 1 unspecified atom stereocenters. The molecule has 2 aromatic rings. The van der Waals surface area contributed by atoms with Crippen LogP contribution in [0.1, 0.15) is 41.8 Å². The van der Waals surface area contributed by atoms with Crippen molar-refractivity contribution < 1.29 is 19.1 Å². The summed E-state index contributed by atoms with van der Waals surface area (Å²) in [4.78, 5) is 24.0. The lowest BCUT2D eigenvalue weighted by Crippen LogP contribution is -2.20. The van der Waals surface area contributed by atoms with Gasteiger partial charge >= 0.3 is 5.97 Å². The van der Waals surface area contributed by atoms with E-state index in [9.17, 15) is 9.59 Å². The molecule has 5 nitrogen and oxygen atoms in total. The number of carbonyl (C=O) groups excluding carboxylic acids is 2. The van der Waals surface area contributed by atoms with Crippen LogP contribution in [-0.2, 0) is 9.53 Å². The van der Waals surface area contributed by atoms with Crippen LogP contribution in [0.2, 0.25) is 0 Å². The van der Waals surface area contributed by atoms with E-state index >= 15 is 0 Å². The molecule has 2 aromatic carbocycles. The van der Waals surface area contributed by atoms with Crippen LogP contribution in [0, 0.1) is 13.8 Å². The number of anilines is 1. The Kier molecular flexibility index (Phi) is 6.78. The highest BCUT2D eigenvalue weighted by Gasteiger charge is 2.10. The predicted octanol–water partition coefficient (Wildman–Crippen LogP) is 4.28. The van der Waals surface area contributed by atoms with Crippen LogP contribution < -0.4 is 10.1 Å². The summed E-state index contributed by atoms with van der Waals surface area (Å²) in [5, 5.41) is 2.90. The zero-order valence-corrected chi connectivity index (χ0v) is 15.7. The second-order valence-electron chi connectivity index (χ2n) is 6.29. The van der Waals surface area contributed by atoms with Crippen molar-refractivity contribution in [1.29, 1.82) is 0 Å². The van der Waals surface area contributed by atoms with Crippen LogP contribution >= 0.6 is 0 Å². The Morgan fingerprint density at radius 1 is 1.08 bits per heavy atom. The van der Waals surface area contributed by atoms with Crippen molar-refractivity contribution in [3.05, 3.63) is 59.2 Å². The Balaban J connectivity index is 1.92. The number of esters is 1. The van der Waals surface area contributed by atoms with E-state index in [1.165, 1.54) is 0 Å². The highest BCUT2D eigenvalue weighted by Crippen LogP contribution is 2.18. The molecule has 0 aromatic heterocycles. The van der Waals surface area contributed by atoms with E-state index in [4.69, 9.17) is 9.47 Å². The van der Waals surface area contributed by atoms with Gasteiger partial charge in [-0.3, -0.25) is 4.79 Å². The Morgan fingerprint density at radius 3 is 2.38 bits per heavy atom. The molecule has 0 spiro atoms. The molecule has 0 heterocycles. The summed E-state index contributed by atoms with van der Waals surface area (Å²) in [5.41, 5.74) is 3.46. The molecule has 0 saturated carbocycles. The molecule has 0 fully saturated rings. The van der Waals surface area contributed by atoms with Crippen molar-refractivity contribution in [2.75, 3.05) is 11.9 Å². The van der Waals surface area contributed by atoms with Gasteiger partial charge in [-0.05, 0) is 63.1 Å². The maximum Gasteiger partial charge on any atom is 0.344 e. The molecule has 1 atom stereocenters. The Bertz CT molecular complexity index is 768. The second kappa shape index (κ2) is 9.04. The molecule has 138 valence electrons. The molecule has 0 saturated heterocycles. The van der Waals surface area contributed by atoms with Gasteiger partial charge in [0.15, 0.2) is 6.61 Å². The summed E-state index contributed by atoms with van der Waals surface area (Å²) in [7, 11) is 0. The van der Waals surface area contributed by atoms with Crippen LogP contribution in [0.15, 0.2) is 42.5 Å². The normalized spacial score (nSPS) is 11.5. The largest absolute Gasteiger partial charge is 0.482 e. The second-order valence-corrected chi connectivity index (χ2v) is 6.29. The van der Waals surface area contributed by atoms with Crippen molar-refractivity contribution >= 4 is 17.6 Å². The first-order valence-electron chi connectivity index (χ1n) is 8.70. The molecule has 0 radical (unpaired) electrons. The highest BCUT2D eigenvalue weighted by atomic mass is 16.6. The van der Waals surface area contributed by atoms with E-state index in [1.54, 1.807) is 24.3 Å². The van der Waals surface area contributed by atoms with Gasteiger partial charge in [0, 0.05) is 11.3 Å². The van der Waals surface area contributed by atoms with Gasteiger partial charge in [-0.25, -0.2) is 4.79 Å². The van der Waals surface area contributed by atoms with Crippen molar-refractivity contribution in [2.24, 2.45) is 0 Å². The Hall–Kier alpha value is -2.82. The summed E-state index contributed by atoms with van der Waals surface area (Å²) in [6.45, 7) is 7.59. The Labute approximate surface area is 154 Å². The monoisotopic (exact) mass is 355 g/mol. The molecule has 1 N–H and O–H groups in total. The minimum atomic E-state index is -0.406. The molecule has 0 aliphatic carbocycles. The lowest BCUT2D eigenvalue weighted by Gasteiger charge is -2.12. The van der Waals surface area contributed by atoms with E-state index in [-0.39, 0.29) is 18.6 Å². The predicted molar refractivity (Wildman–Crippen MR) is 102 cm³/mol. The first-order valence-corrected chi connectivity index (χ1v) is 8.70. The van der Waals surface area contributed by atoms with Crippen molar-refractivity contribution in [3.63, 3.8) is 0 Å². The number of carbonyl (C=O) groups is 2. The van der Waals surface area contributed by atoms with Crippen LogP contribution in [0.4, 0.5) is 5.69 Å². The molecular weight excluding hydrogens is 330 g/mol. The molecule has 0 aliphatic rings. The summed E-state index contributed by atoms with van der Waals surface area (Å²) in [5.74, 6) is -0.0927. The number of aryl methyl sites for hydroxylation is 2. The van der Waals surface area contributed by atoms with Crippen molar-refractivity contribution in [1.82, 2.24) is 0 Å².